The lowest BCUT2D eigenvalue weighted by Crippen LogP contribution is -2.09. The molecule has 0 bridgehead atoms. The molecule has 5 heteroatoms. The van der Waals surface area contributed by atoms with Gasteiger partial charge in [0, 0.05) is 66.9 Å². The number of fused-ring (bicyclic) bond motifs is 6. The number of hydrogen-bond donors (Lipinski definition) is 0. The average molecular weight is 571 g/mol. The van der Waals surface area contributed by atoms with Gasteiger partial charge in [0.05, 0.1) is 0 Å². The topological polar surface area (TPSA) is 3.24 Å². The normalized spacial score (nSPS) is 11.7. The minimum absolute atomic E-state index is 0.749. The number of nitrogens with zero attached hydrogens (tertiary/aromatic N) is 1. The van der Waals surface area contributed by atoms with E-state index in [0.717, 1.165) is 26.6 Å². The van der Waals surface area contributed by atoms with Gasteiger partial charge in [-0.25, -0.2) is 0 Å². The van der Waals surface area contributed by atoms with E-state index in [4.69, 9.17) is 11.6 Å². The lowest BCUT2D eigenvalue weighted by atomic mass is 10.1. The molecule has 35 heavy (non-hydrogen) atoms. The fourth-order valence-electron chi connectivity index (χ4n) is 4.83. The Morgan fingerprint density at radius 1 is 0.543 bits per heavy atom. The maximum absolute atomic E-state index is 6.34. The molecule has 0 atom stereocenters. The first-order valence-electron chi connectivity index (χ1n) is 11.2. The summed E-state index contributed by atoms with van der Waals surface area (Å²) in [4.78, 5) is 2.34. The van der Waals surface area contributed by atoms with Gasteiger partial charge in [-0.15, -0.1) is 22.7 Å². The largest absolute Gasteiger partial charge is 0.310 e. The van der Waals surface area contributed by atoms with E-state index in [1.54, 1.807) is 11.3 Å². The molecule has 1 nitrogen and oxygen atoms in total. The average Bonchev–Trinajstić information content (AvgIpc) is 3.42. The molecule has 2 heterocycles. The maximum Gasteiger partial charge on any atom is 0.0476 e. The highest BCUT2D eigenvalue weighted by Gasteiger charge is 2.17. The lowest BCUT2D eigenvalue weighted by Gasteiger charge is -2.25. The van der Waals surface area contributed by atoms with Crippen molar-refractivity contribution in [2.24, 2.45) is 0 Å². The predicted octanol–water partition coefficient (Wildman–Crippen LogP) is 11.3. The Hall–Kier alpha value is -2.89. The SMILES string of the molecule is Clc1cc(Br)c2c(c1)sc1ccc(N(c3ccccc3)c3ccc4c(c3)sc3ccccc34)cc12. The highest BCUT2D eigenvalue weighted by Crippen LogP contribution is 2.44. The summed E-state index contributed by atoms with van der Waals surface area (Å²) in [7, 11) is 0. The predicted molar refractivity (Wildman–Crippen MR) is 160 cm³/mol. The first-order valence-corrected chi connectivity index (χ1v) is 14.0. The lowest BCUT2D eigenvalue weighted by molar-refractivity contribution is 1.30. The van der Waals surface area contributed by atoms with Crippen molar-refractivity contribution in [3.05, 3.63) is 113 Å². The molecular formula is C30H17BrClNS2. The van der Waals surface area contributed by atoms with Crippen LogP contribution in [0.1, 0.15) is 0 Å². The molecule has 0 radical (unpaired) electrons. The van der Waals surface area contributed by atoms with Gasteiger partial charge in [-0.1, -0.05) is 70.0 Å². The number of thiophene rings is 2. The number of hydrogen-bond acceptors (Lipinski definition) is 3. The van der Waals surface area contributed by atoms with Crippen molar-refractivity contribution in [1.82, 2.24) is 0 Å². The summed E-state index contributed by atoms with van der Waals surface area (Å²) in [6.07, 6.45) is 0. The van der Waals surface area contributed by atoms with Gasteiger partial charge in [-0.3, -0.25) is 0 Å². The quantitative estimate of drug-likeness (QED) is 0.204. The van der Waals surface area contributed by atoms with Gasteiger partial charge >= 0.3 is 0 Å². The van der Waals surface area contributed by atoms with Gasteiger partial charge in [0.15, 0.2) is 0 Å². The number of benzene rings is 5. The van der Waals surface area contributed by atoms with Crippen LogP contribution in [-0.4, -0.2) is 0 Å². The van der Waals surface area contributed by atoms with Gasteiger partial charge in [-0.2, -0.15) is 0 Å². The van der Waals surface area contributed by atoms with E-state index < -0.39 is 0 Å². The van der Waals surface area contributed by atoms with E-state index in [1.807, 2.05) is 17.4 Å². The van der Waals surface area contributed by atoms with Crippen LogP contribution in [0.15, 0.2) is 108 Å². The van der Waals surface area contributed by atoms with E-state index >= 15 is 0 Å². The van der Waals surface area contributed by atoms with Gasteiger partial charge < -0.3 is 4.90 Å². The minimum atomic E-state index is 0.749. The Balaban J connectivity index is 1.47. The Morgan fingerprint density at radius 2 is 1.23 bits per heavy atom. The van der Waals surface area contributed by atoms with Crippen molar-refractivity contribution >= 4 is 108 Å². The van der Waals surface area contributed by atoms with Crippen molar-refractivity contribution in [1.29, 1.82) is 0 Å². The van der Waals surface area contributed by atoms with Crippen LogP contribution in [-0.2, 0) is 0 Å². The van der Waals surface area contributed by atoms with Gasteiger partial charge in [0.2, 0.25) is 0 Å². The summed E-state index contributed by atoms with van der Waals surface area (Å²) in [6.45, 7) is 0. The molecule has 0 saturated heterocycles. The molecular weight excluding hydrogens is 554 g/mol. The second-order valence-electron chi connectivity index (χ2n) is 8.49. The molecule has 168 valence electrons. The number of para-hydroxylation sites is 1. The van der Waals surface area contributed by atoms with Gasteiger partial charge in [0.25, 0.3) is 0 Å². The zero-order valence-corrected chi connectivity index (χ0v) is 22.3. The molecule has 7 aromatic rings. The standard InChI is InChI=1S/C30H17BrClNS2/c31-25-14-18(32)15-29-30(25)24-16-20(11-13-27(24)35-29)33(19-6-2-1-3-7-19)21-10-12-23-22-8-4-5-9-26(22)34-28(23)17-21/h1-17H. The molecule has 0 aliphatic rings. The Bertz CT molecular complexity index is 1890. The monoisotopic (exact) mass is 569 g/mol. The van der Waals surface area contributed by atoms with Crippen molar-refractivity contribution < 1.29 is 0 Å². The highest BCUT2D eigenvalue weighted by atomic mass is 79.9. The molecule has 0 N–H and O–H groups in total. The number of rotatable bonds is 3. The van der Waals surface area contributed by atoms with Crippen LogP contribution in [0.2, 0.25) is 5.02 Å². The zero-order valence-electron chi connectivity index (χ0n) is 18.3. The van der Waals surface area contributed by atoms with Crippen molar-refractivity contribution in [3.63, 3.8) is 0 Å². The summed E-state index contributed by atoms with van der Waals surface area (Å²) in [5, 5.41) is 5.82. The summed E-state index contributed by atoms with van der Waals surface area (Å²) in [5.41, 5.74) is 3.41. The van der Waals surface area contributed by atoms with Gasteiger partial charge in [-0.05, 0) is 60.7 Å². The summed E-state index contributed by atoms with van der Waals surface area (Å²) < 4.78 is 6.08. The molecule has 0 spiro atoms. The Kier molecular flexibility index (Phi) is 5.11. The molecule has 0 unspecified atom stereocenters. The second kappa shape index (κ2) is 8.35. The van der Waals surface area contributed by atoms with E-state index in [1.165, 1.54) is 40.3 Å². The smallest absolute Gasteiger partial charge is 0.0476 e. The van der Waals surface area contributed by atoms with Crippen LogP contribution in [0.3, 0.4) is 0 Å². The van der Waals surface area contributed by atoms with Crippen LogP contribution in [0, 0.1) is 0 Å². The second-order valence-corrected chi connectivity index (χ2v) is 12.0. The maximum atomic E-state index is 6.34. The van der Waals surface area contributed by atoms with Crippen LogP contribution in [0.5, 0.6) is 0 Å². The van der Waals surface area contributed by atoms with E-state index in [9.17, 15) is 0 Å². The number of anilines is 3. The fraction of sp³-hybridized carbons (Fsp3) is 0. The van der Waals surface area contributed by atoms with Crippen LogP contribution in [0.25, 0.3) is 40.3 Å². The molecule has 0 aliphatic heterocycles. The Labute approximate surface area is 223 Å². The van der Waals surface area contributed by atoms with Crippen molar-refractivity contribution in [3.8, 4) is 0 Å². The van der Waals surface area contributed by atoms with Crippen LogP contribution < -0.4 is 4.90 Å². The summed E-state index contributed by atoms with van der Waals surface area (Å²) >= 11 is 13.7. The van der Waals surface area contributed by atoms with Crippen molar-refractivity contribution in [2.45, 2.75) is 0 Å². The first kappa shape index (κ1) is 21.4. The molecule has 0 amide bonds. The highest BCUT2D eigenvalue weighted by molar-refractivity contribution is 9.10. The molecule has 0 fully saturated rings. The van der Waals surface area contributed by atoms with Gasteiger partial charge in [0.1, 0.15) is 0 Å². The molecule has 5 aromatic carbocycles. The Morgan fingerprint density at radius 3 is 2.11 bits per heavy atom. The van der Waals surface area contributed by atoms with E-state index in [2.05, 4.69) is 118 Å². The molecule has 0 aliphatic carbocycles. The van der Waals surface area contributed by atoms with Crippen LogP contribution in [0.4, 0.5) is 17.1 Å². The fourth-order valence-corrected chi connectivity index (χ4v) is 8.34. The molecule has 7 rings (SSSR count). The third-order valence-corrected chi connectivity index (χ3v) is 9.46. The molecule has 0 saturated carbocycles. The summed E-state index contributed by atoms with van der Waals surface area (Å²) in [6, 6.07) is 36.8. The number of halogens is 2. The summed E-state index contributed by atoms with van der Waals surface area (Å²) in [5.74, 6) is 0. The van der Waals surface area contributed by atoms with Crippen molar-refractivity contribution in [2.75, 3.05) is 4.90 Å². The zero-order chi connectivity index (χ0) is 23.5. The van der Waals surface area contributed by atoms with Crippen LogP contribution >= 0.6 is 50.2 Å². The van der Waals surface area contributed by atoms with E-state index in [-0.39, 0.29) is 0 Å². The third-order valence-electron chi connectivity index (χ3n) is 6.36. The van der Waals surface area contributed by atoms with E-state index in [0.29, 0.717) is 0 Å². The third kappa shape index (κ3) is 3.56. The first-order chi connectivity index (χ1) is 17.2. The minimum Gasteiger partial charge on any atom is -0.310 e. The molecule has 2 aromatic heterocycles.